The highest BCUT2D eigenvalue weighted by molar-refractivity contribution is 5.78. The number of likely N-dealkylation sites (N-methyl/N-ethyl adjacent to an activating group) is 1. The first kappa shape index (κ1) is 16.3. The molecule has 1 heterocycles. The Morgan fingerprint density at radius 1 is 1.05 bits per heavy atom. The summed E-state index contributed by atoms with van der Waals surface area (Å²) in [6, 6.07) is 0.423. The summed E-state index contributed by atoms with van der Waals surface area (Å²) in [5.41, 5.74) is 0. The smallest absolute Gasteiger partial charge is 0.236 e. The highest BCUT2D eigenvalue weighted by Gasteiger charge is 2.27. The van der Waals surface area contributed by atoms with E-state index in [4.69, 9.17) is 0 Å². The number of nitrogens with zero attached hydrogens (tertiary/aromatic N) is 3. The molecule has 120 valence electrons. The van der Waals surface area contributed by atoms with Gasteiger partial charge in [0.05, 0.1) is 6.54 Å². The van der Waals surface area contributed by atoms with Gasteiger partial charge < -0.3 is 9.80 Å². The summed E-state index contributed by atoms with van der Waals surface area (Å²) in [4.78, 5) is 29.7. The lowest BCUT2D eigenvalue weighted by Crippen LogP contribution is -2.52. The van der Waals surface area contributed by atoms with Gasteiger partial charge in [0.1, 0.15) is 0 Å². The number of hydrogen-bond donors (Lipinski definition) is 0. The quantitative estimate of drug-likeness (QED) is 0.785. The van der Waals surface area contributed by atoms with Crippen molar-refractivity contribution in [2.45, 2.75) is 45.6 Å². The minimum Gasteiger partial charge on any atom is -0.342 e. The van der Waals surface area contributed by atoms with E-state index in [1.807, 2.05) is 16.8 Å². The van der Waals surface area contributed by atoms with Crippen LogP contribution in [0.2, 0.25) is 0 Å². The van der Waals surface area contributed by atoms with Gasteiger partial charge >= 0.3 is 0 Å². The molecule has 2 aliphatic rings. The Morgan fingerprint density at radius 2 is 1.62 bits per heavy atom. The summed E-state index contributed by atoms with van der Waals surface area (Å²) < 4.78 is 0. The molecule has 0 N–H and O–H groups in total. The van der Waals surface area contributed by atoms with E-state index in [0.29, 0.717) is 12.6 Å². The maximum atomic E-state index is 12.4. The van der Waals surface area contributed by atoms with E-state index in [0.717, 1.165) is 44.9 Å². The van der Waals surface area contributed by atoms with E-state index in [9.17, 15) is 9.59 Å². The SMILES string of the molecule is CC(=O)N1CCN(CC(=O)N(C)C2CCC(C)CC2)CC1. The minimum atomic E-state index is 0.134. The topological polar surface area (TPSA) is 43.9 Å². The maximum Gasteiger partial charge on any atom is 0.236 e. The fourth-order valence-corrected chi connectivity index (χ4v) is 3.36. The predicted molar refractivity (Wildman–Crippen MR) is 82.9 cm³/mol. The highest BCUT2D eigenvalue weighted by Crippen LogP contribution is 2.26. The zero-order chi connectivity index (χ0) is 15.4. The first-order valence-electron chi connectivity index (χ1n) is 8.21. The van der Waals surface area contributed by atoms with Gasteiger partial charge in [0.25, 0.3) is 0 Å². The molecule has 1 aliphatic heterocycles. The molecule has 0 aromatic rings. The van der Waals surface area contributed by atoms with Gasteiger partial charge in [0.2, 0.25) is 11.8 Å². The van der Waals surface area contributed by atoms with Gasteiger partial charge in [-0.1, -0.05) is 6.92 Å². The number of piperazine rings is 1. The second-order valence-electron chi connectivity index (χ2n) is 6.70. The van der Waals surface area contributed by atoms with E-state index in [2.05, 4.69) is 11.8 Å². The van der Waals surface area contributed by atoms with Crippen LogP contribution in [0.5, 0.6) is 0 Å². The van der Waals surface area contributed by atoms with E-state index in [1.165, 1.54) is 12.8 Å². The summed E-state index contributed by atoms with van der Waals surface area (Å²) >= 11 is 0. The normalized spacial score (nSPS) is 27.5. The van der Waals surface area contributed by atoms with Crippen LogP contribution >= 0.6 is 0 Å². The van der Waals surface area contributed by atoms with Crippen LogP contribution in [0, 0.1) is 5.92 Å². The van der Waals surface area contributed by atoms with Gasteiger partial charge in [-0.3, -0.25) is 14.5 Å². The molecule has 0 spiro atoms. The molecule has 2 fully saturated rings. The number of amides is 2. The zero-order valence-electron chi connectivity index (χ0n) is 13.7. The van der Waals surface area contributed by atoms with E-state index >= 15 is 0 Å². The van der Waals surface area contributed by atoms with Gasteiger partial charge in [0.15, 0.2) is 0 Å². The van der Waals surface area contributed by atoms with Crippen LogP contribution < -0.4 is 0 Å². The molecule has 0 aromatic carbocycles. The fraction of sp³-hybridized carbons (Fsp3) is 0.875. The molecule has 1 aliphatic carbocycles. The number of carbonyl (C=O) groups is 2. The Labute approximate surface area is 128 Å². The first-order chi connectivity index (χ1) is 9.97. The molecule has 0 bridgehead atoms. The van der Waals surface area contributed by atoms with Crippen LogP contribution in [0.15, 0.2) is 0 Å². The largest absolute Gasteiger partial charge is 0.342 e. The number of hydrogen-bond acceptors (Lipinski definition) is 3. The van der Waals surface area contributed by atoms with Crippen LogP contribution in [0.25, 0.3) is 0 Å². The van der Waals surface area contributed by atoms with Crippen molar-refractivity contribution in [3.63, 3.8) is 0 Å². The molecule has 0 radical (unpaired) electrons. The Kier molecular flexibility index (Phi) is 5.62. The Hall–Kier alpha value is -1.10. The Morgan fingerprint density at radius 3 is 2.14 bits per heavy atom. The third-order valence-corrected chi connectivity index (χ3v) is 5.10. The van der Waals surface area contributed by atoms with E-state index in [1.54, 1.807) is 6.92 Å². The molecular weight excluding hydrogens is 266 g/mol. The van der Waals surface area contributed by atoms with Gasteiger partial charge in [-0.2, -0.15) is 0 Å². The molecule has 5 heteroatoms. The molecule has 1 saturated heterocycles. The third-order valence-electron chi connectivity index (χ3n) is 5.10. The monoisotopic (exact) mass is 295 g/mol. The third kappa shape index (κ3) is 4.43. The van der Waals surface area contributed by atoms with Crippen LogP contribution in [0.3, 0.4) is 0 Å². The van der Waals surface area contributed by atoms with Crippen molar-refractivity contribution in [3.05, 3.63) is 0 Å². The van der Waals surface area contributed by atoms with Crippen molar-refractivity contribution in [2.24, 2.45) is 5.92 Å². The number of rotatable bonds is 3. The molecule has 5 nitrogen and oxygen atoms in total. The van der Waals surface area contributed by atoms with Crippen molar-refractivity contribution in [1.29, 1.82) is 0 Å². The molecule has 21 heavy (non-hydrogen) atoms. The molecular formula is C16H29N3O2. The van der Waals surface area contributed by atoms with Crippen LogP contribution in [-0.2, 0) is 9.59 Å². The van der Waals surface area contributed by atoms with Crippen molar-refractivity contribution in [1.82, 2.24) is 14.7 Å². The molecule has 2 amide bonds. The van der Waals surface area contributed by atoms with E-state index in [-0.39, 0.29) is 11.8 Å². The van der Waals surface area contributed by atoms with Crippen LogP contribution in [0.4, 0.5) is 0 Å². The van der Waals surface area contributed by atoms with Crippen molar-refractivity contribution in [3.8, 4) is 0 Å². The second-order valence-corrected chi connectivity index (χ2v) is 6.70. The molecule has 0 atom stereocenters. The van der Waals surface area contributed by atoms with Crippen LogP contribution in [-0.4, -0.2) is 72.3 Å². The summed E-state index contributed by atoms with van der Waals surface area (Å²) in [5, 5.41) is 0. The first-order valence-corrected chi connectivity index (χ1v) is 8.21. The fourth-order valence-electron chi connectivity index (χ4n) is 3.36. The summed E-state index contributed by atoms with van der Waals surface area (Å²) in [6.45, 7) is 7.50. The number of carbonyl (C=O) groups excluding carboxylic acids is 2. The highest BCUT2D eigenvalue weighted by atomic mass is 16.2. The zero-order valence-corrected chi connectivity index (χ0v) is 13.7. The lowest BCUT2D eigenvalue weighted by molar-refractivity contribution is -0.135. The van der Waals surface area contributed by atoms with E-state index < -0.39 is 0 Å². The average molecular weight is 295 g/mol. The predicted octanol–water partition coefficient (Wildman–Crippen LogP) is 1.19. The summed E-state index contributed by atoms with van der Waals surface area (Å²) in [6.07, 6.45) is 4.75. The Balaban J connectivity index is 1.75. The lowest BCUT2D eigenvalue weighted by atomic mass is 9.87. The van der Waals surface area contributed by atoms with Crippen molar-refractivity contribution < 1.29 is 9.59 Å². The Bertz CT molecular complexity index is 370. The van der Waals surface area contributed by atoms with Crippen molar-refractivity contribution in [2.75, 3.05) is 39.8 Å². The van der Waals surface area contributed by atoms with Gasteiger partial charge in [-0.15, -0.1) is 0 Å². The second kappa shape index (κ2) is 7.25. The van der Waals surface area contributed by atoms with Gasteiger partial charge in [0, 0.05) is 46.2 Å². The van der Waals surface area contributed by atoms with Crippen LogP contribution in [0.1, 0.15) is 39.5 Å². The molecule has 0 unspecified atom stereocenters. The molecule has 0 aromatic heterocycles. The maximum absolute atomic E-state index is 12.4. The molecule has 2 rings (SSSR count). The minimum absolute atomic E-state index is 0.134. The lowest BCUT2D eigenvalue weighted by Gasteiger charge is -2.37. The average Bonchev–Trinajstić information content (AvgIpc) is 2.47. The summed E-state index contributed by atoms with van der Waals surface area (Å²) in [7, 11) is 1.95. The van der Waals surface area contributed by atoms with Gasteiger partial charge in [-0.25, -0.2) is 0 Å². The summed E-state index contributed by atoms with van der Waals surface area (Å²) in [5.74, 6) is 1.17. The van der Waals surface area contributed by atoms with Gasteiger partial charge in [-0.05, 0) is 31.6 Å². The standard InChI is InChI=1S/C16H29N3O2/c1-13-4-6-15(7-5-13)17(3)16(21)12-18-8-10-19(11-9-18)14(2)20/h13,15H,4-12H2,1-3H3. The van der Waals surface area contributed by atoms with Crippen molar-refractivity contribution >= 4 is 11.8 Å². The molecule has 1 saturated carbocycles.